The summed E-state index contributed by atoms with van der Waals surface area (Å²) >= 11 is 1.41. The molecule has 4 aromatic rings. The number of aromatic nitrogens is 3. The Kier molecular flexibility index (Phi) is 5.62. The number of carbonyl (C=O) groups is 1. The molecule has 0 saturated carbocycles. The summed E-state index contributed by atoms with van der Waals surface area (Å²) in [6.07, 6.45) is 1.65. The minimum atomic E-state index is -0.290. The van der Waals surface area contributed by atoms with E-state index >= 15 is 0 Å². The lowest BCUT2D eigenvalue weighted by Gasteiger charge is -2.13. The van der Waals surface area contributed by atoms with Gasteiger partial charge in [-0.15, -0.1) is 10.2 Å². The van der Waals surface area contributed by atoms with Gasteiger partial charge in [-0.25, -0.2) is 0 Å². The van der Waals surface area contributed by atoms with Crippen LogP contribution in [0.3, 0.4) is 0 Å². The third-order valence-corrected chi connectivity index (χ3v) is 5.79. The number of benzene rings is 2. The first-order valence-electron chi connectivity index (χ1n) is 9.41. The molecule has 0 spiro atoms. The number of furan rings is 1. The highest BCUT2D eigenvalue weighted by molar-refractivity contribution is 8.00. The molecular weight excluding hydrogens is 382 g/mol. The molecule has 0 aliphatic carbocycles. The van der Waals surface area contributed by atoms with E-state index < -0.39 is 0 Å². The molecular formula is C23H21N3O2S. The van der Waals surface area contributed by atoms with Gasteiger partial charge in [-0.2, -0.15) is 0 Å². The fourth-order valence-corrected chi connectivity index (χ4v) is 4.07. The van der Waals surface area contributed by atoms with Crippen LogP contribution in [-0.4, -0.2) is 25.8 Å². The van der Waals surface area contributed by atoms with E-state index in [2.05, 4.69) is 23.2 Å². The summed E-state index contributed by atoms with van der Waals surface area (Å²) in [5.41, 5.74) is 2.83. The van der Waals surface area contributed by atoms with Crippen molar-refractivity contribution in [1.29, 1.82) is 0 Å². The van der Waals surface area contributed by atoms with Crippen molar-refractivity contribution in [2.45, 2.75) is 30.8 Å². The van der Waals surface area contributed by atoms with E-state index in [1.54, 1.807) is 6.26 Å². The zero-order chi connectivity index (χ0) is 20.2. The lowest BCUT2D eigenvalue weighted by atomic mass is 10.1. The number of rotatable bonds is 7. The molecule has 2 aromatic heterocycles. The molecule has 5 nitrogen and oxygen atoms in total. The van der Waals surface area contributed by atoms with Crippen LogP contribution >= 0.6 is 11.8 Å². The number of hydrogen-bond acceptors (Lipinski definition) is 5. The second kappa shape index (κ2) is 8.49. The van der Waals surface area contributed by atoms with E-state index in [-0.39, 0.29) is 11.0 Å². The molecule has 29 heavy (non-hydrogen) atoms. The average molecular weight is 404 g/mol. The molecule has 0 N–H and O–H groups in total. The highest BCUT2D eigenvalue weighted by Gasteiger charge is 2.22. The van der Waals surface area contributed by atoms with E-state index in [0.29, 0.717) is 17.3 Å². The number of ketones is 1. The van der Waals surface area contributed by atoms with Crippen LogP contribution < -0.4 is 0 Å². The Morgan fingerprint density at radius 2 is 1.79 bits per heavy atom. The van der Waals surface area contributed by atoms with Crippen LogP contribution in [0.15, 0.2) is 82.6 Å². The Hall–Kier alpha value is -3.12. The second-order valence-corrected chi connectivity index (χ2v) is 8.08. The van der Waals surface area contributed by atoms with Crippen molar-refractivity contribution in [3.63, 3.8) is 0 Å². The van der Waals surface area contributed by atoms with E-state index in [4.69, 9.17) is 4.42 Å². The van der Waals surface area contributed by atoms with Gasteiger partial charge < -0.3 is 4.42 Å². The van der Waals surface area contributed by atoms with Crippen molar-refractivity contribution in [3.8, 4) is 11.4 Å². The number of nitrogens with zero attached hydrogens (tertiary/aromatic N) is 3. The van der Waals surface area contributed by atoms with Crippen molar-refractivity contribution in [3.05, 3.63) is 89.9 Å². The van der Waals surface area contributed by atoms with Gasteiger partial charge in [0.1, 0.15) is 5.76 Å². The maximum absolute atomic E-state index is 12.8. The summed E-state index contributed by atoms with van der Waals surface area (Å²) in [6, 6.07) is 21.2. The summed E-state index contributed by atoms with van der Waals surface area (Å²) in [4.78, 5) is 12.8. The minimum absolute atomic E-state index is 0.0700. The molecule has 1 unspecified atom stereocenters. The molecule has 6 heteroatoms. The first-order chi connectivity index (χ1) is 14.1. The Bertz CT molecular complexity index is 1100. The third kappa shape index (κ3) is 4.17. The smallest absolute Gasteiger partial charge is 0.192 e. The van der Waals surface area contributed by atoms with Gasteiger partial charge >= 0.3 is 0 Å². The zero-order valence-corrected chi connectivity index (χ0v) is 17.1. The molecule has 2 aromatic carbocycles. The molecule has 0 aliphatic rings. The molecule has 0 saturated heterocycles. The quantitative estimate of drug-likeness (QED) is 0.311. The van der Waals surface area contributed by atoms with Crippen LogP contribution in [0.1, 0.15) is 28.6 Å². The van der Waals surface area contributed by atoms with E-state index in [1.165, 1.54) is 11.8 Å². The number of Topliss-reactive ketones (excluding diaryl/α,β-unsaturated/α-hetero) is 1. The van der Waals surface area contributed by atoms with Crippen LogP contribution in [0, 0.1) is 6.92 Å². The Labute approximate surface area is 173 Å². The first-order valence-corrected chi connectivity index (χ1v) is 10.3. The number of aryl methyl sites for hydroxylation is 1. The van der Waals surface area contributed by atoms with Crippen molar-refractivity contribution in [2.75, 3.05) is 0 Å². The van der Waals surface area contributed by atoms with Crippen molar-refractivity contribution in [2.24, 2.45) is 0 Å². The van der Waals surface area contributed by atoms with E-state index in [9.17, 15) is 4.79 Å². The maximum Gasteiger partial charge on any atom is 0.192 e. The summed E-state index contributed by atoms with van der Waals surface area (Å²) in [7, 11) is 0. The van der Waals surface area contributed by atoms with Crippen LogP contribution in [0.2, 0.25) is 0 Å². The molecule has 0 aliphatic heterocycles. The summed E-state index contributed by atoms with van der Waals surface area (Å²) in [5, 5.41) is 9.27. The lowest BCUT2D eigenvalue weighted by molar-refractivity contribution is 0.0994. The predicted molar refractivity (Wildman–Crippen MR) is 114 cm³/mol. The third-order valence-electron chi connectivity index (χ3n) is 4.71. The monoisotopic (exact) mass is 403 g/mol. The number of thioether (sulfide) groups is 1. The standard InChI is InChI=1S/C23H21N3O2S/c1-16-9-6-7-13-20(16)22-24-25-23(26(22)15-19-12-8-14-28-19)29-17(2)21(27)18-10-4-3-5-11-18/h3-14,17H,15H2,1-2H3. The highest BCUT2D eigenvalue weighted by Crippen LogP contribution is 2.30. The van der Waals surface area contributed by atoms with Gasteiger partial charge in [0.15, 0.2) is 16.8 Å². The van der Waals surface area contributed by atoms with E-state index in [1.807, 2.05) is 72.2 Å². The molecule has 4 rings (SSSR count). The minimum Gasteiger partial charge on any atom is -0.467 e. The van der Waals surface area contributed by atoms with Gasteiger partial charge in [-0.05, 0) is 31.5 Å². The molecule has 0 bridgehead atoms. The molecule has 1 atom stereocenters. The molecule has 2 heterocycles. The van der Waals surface area contributed by atoms with Gasteiger partial charge in [0.25, 0.3) is 0 Å². The van der Waals surface area contributed by atoms with Gasteiger partial charge in [-0.1, -0.05) is 66.4 Å². The zero-order valence-electron chi connectivity index (χ0n) is 16.3. The fraction of sp³-hybridized carbons (Fsp3) is 0.174. The second-order valence-electron chi connectivity index (χ2n) is 6.78. The SMILES string of the molecule is Cc1ccccc1-c1nnc(SC(C)C(=O)c2ccccc2)n1Cc1ccco1. The average Bonchev–Trinajstić information content (AvgIpc) is 3.39. The van der Waals surface area contributed by atoms with Crippen molar-refractivity contribution < 1.29 is 9.21 Å². The molecule has 146 valence electrons. The first kappa shape index (κ1) is 19.2. The summed E-state index contributed by atoms with van der Waals surface area (Å²) in [5.74, 6) is 1.64. The largest absolute Gasteiger partial charge is 0.467 e. The van der Waals surface area contributed by atoms with Crippen LogP contribution in [0.25, 0.3) is 11.4 Å². The van der Waals surface area contributed by atoms with Gasteiger partial charge in [0, 0.05) is 11.1 Å². The topological polar surface area (TPSA) is 60.9 Å². The van der Waals surface area contributed by atoms with Crippen LogP contribution in [0.4, 0.5) is 0 Å². The molecule has 0 fully saturated rings. The number of carbonyl (C=O) groups excluding carboxylic acids is 1. The van der Waals surface area contributed by atoms with Crippen molar-refractivity contribution in [1.82, 2.24) is 14.8 Å². The van der Waals surface area contributed by atoms with E-state index in [0.717, 1.165) is 22.7 Å². The van der Waals surface area contributed by atoms with Gasteiger partial charge in [-0.3, -0.25) is 9.36 Å². The number of hydrogen-bond donors (Lipinski definition) is 0. The maximum atomic E-state index is 12.8. The lowest BCUT2D eigenvalue weighted by Crippen LogP contribution is -2.15. The van der Waals surface area contributed by atoms with Crippen LogP contribution in [-0.2, 0) is 6.54 Å². The normalized spacial score (nSPS) is 12.1. The Balaban J connectivity index is 1.68. The fourth-order valence-electron chi connectivity index (χ4n) is 3.15. The van der Waals surface area contributed by atoms with Crippen molar-refractivity contribution >= 4 is 17.5 Å². The summed E-state index contributed by atoms with van der Waals surface area (Å²) in [6.45, 7) is 4.45. The van der Waals surface area contributed by atoms with Gasteiger partial charge in [0.2, 0.25) is 0 Å². The Morgan fingerprint density at radius 1 is 1.03 bits per heavy atom. The summed E-state index contributed by atoms with van der Waals surface area (Å²) < 4.78 is 7.57. The highest BCUT2D eigenvalue weighted by atomic mass is 32.2. The molecule has 0 radical (unpaired) electrons. The predicted octanol–water partition coefficient (Wildman–Crippen LogP) is 5.26. The molecule has 0 amide bonds. The Morgan fingerprint density at radius 3 is 2.52 bits per heavy atom. The van der Waals surface area contributed by atoms with Crippen LogP contribution in [0.5, 0.6) is 0 Å². The van der Waals surface area contributed by atoms with Gasteiger partial charge in [0.05, 0.1) is 18.1 Å².